The summed E-state index contributed by atoms with van der Waals surface area (Å²) < 4.78 is 53.8. The van der Waals surface area contributed by atoms with Gasteiger partial charge in [-0.3, -0.25) is 9.48 Å². The van der Waals surface area contributed by atoms with E-state index >= 15 is 0 Å². The van der Waals surface area contributed by atoms with E-state index in [1.807, 2.05) is 6.92 Å². The van der Waals surface area contributed by atoms with Crippen LogP contribution in [0, 0.1) is 5.92 Å². The first-order chi connectivity index (χ1) is 14.6. The van der Waals surface area contributed by atoms with Crippen LogP contribution in [0.2, 0.25) is 0 Å². The zero-order valence-corrected chi connectivity index (χ0v) is 18.1. The second kappa shape index (κ2) is 9.23. The molecule has 0 spiro atoms. The Labute approximate surface area is 178 Å². The quantitative estimate of drug-likeness (QED) is 0.622. The number of hydrogen-bond donors (Lipinski definition) is 0. The molecular formula is C21H27F3N4O3. The third-order valence-corrected chi connectivity index (χ3v) is 5.25. The fourth-order valence-corrected chi connectivity index (χ4v) is 3.82. The van der Waals surface area contributed by atoms with E-state index in [1.165, 1.54) is 16.8 Å². The van der Waals surface area contributed by atoms with Crippen molar-refractivity contribution in [3.05, 3.63) is 23.5 Å². The Morgan fingerprint density at radius 1 is 1.29 bits per heavy atom. The summed E-state index contributed by atoms with van der Waals surface area (Å²) in [5.74, 6) is -1.06. The lowest BCUT2D eigenvalue weighted by Gasteiger charge is -2.29. The van der Waals surface area contributed by atoms with Gasteiger partial charge in [0, 0.05) is 7.05 Å². The molecule has 0 N–H and O–H groups in total. The van der Waals surface area contributed by atoms with Crippen molar-refractivity contribution in [2.24, 2.45) is 13.0 Å². The Bertz CT molecular complexity index is 927. The minimum absolute atomic E-state index is 0.0895. The van der Waals surface area contributed by atoms with Crippen molar-refractivity contribution in [3.63, 3.8) is 0 Å². The minimum Gasteiger partial charge on any atom is -0.488 e. The summed E-state index contributed by atoms with van der Waals surface area (Å²) in [7, 11) is 1.68. The Morgan fingerprint density at radius 3 is 2.68 bits per heavy atom. The predicted molar refractivity (Wildman–Crippen MR) is 106 cm³/mol. The molecule has 1 aliphatic rings. The van der Waals surface area contributed by atoms with Crippen LogP contribution in [-0.4, -0.2) is 38.2 Å². The first-order valence-electron chi connectivity index (χ1n) is 10.4. The van der Waals surface area contributed by atoms with Gasteiger partial charge >= 0.3 is 12.1 Å². The number of hydrogen-bond acceptors (Lipinski definition) is 6. The molecule has 1 aliphatic carbocycles. The van der Waals surface area contributed by atoms with Gasteiger partial charge in [0.1, 0.15) is 5.69 Å². The van der Waals surface area contributed by atoms with Crippen molar-refractivity contribution < 1.29 is 27.4 Å². The van der Waals surface area contributed by atoms with Gasteiger partial charge in [0.2, 0.25) is 0 Å². The van der Waals surface area contributed by atoms with Crippen molar-refractivity contribution >= 4 is 5.97 Å². The molecule has 1 fully saturated rings. The van der Waals surface area contributed by atoms with Gasteiger partial charge in [-0.05, 0) is 58.1 Å². The fourth-order valence-electron chi connectivity index (χ4n) is 3.82. The molecule has 0 radical (unpaired) electrons. The normalized spacial score (nSPS) is 19.5. The molecule has 0 bridgehead atoms. The van der Waals surface area contributed by atoms with Crippen LogP contribution in [0.15, 0.2) is 12.1 Å². The molecule has 31 heavy (non-hydrogen) atoms. The second-order valence-corrected chi connectivity index (χ2v) is 7.99. The molecule has 2 aromatic heterocycles. The van der Waals surface area contributed by atoms with Crippen LogP contribution in [0.1, 0.15) is 57.8 Å². The number of esters is 1. The van der Waals surface area contributed by atoms with E-state index in [0.717, 1.165) is 0 Å². The summed E-state index contributed by atoms with van der Waals surface area (Å²) in [5.41, 5.74) is -0.0134. The third kappa shape index (κ3) is 5.34. The monoisotopic (exact) mass is 440 g/mol. The number of carbonyl (C=O) groups excluding carboxylic acids is 1. The number of carbonyl (C=O) groups is 1. The number of ether oxygens (including phenoxy) is 2. The lowest BCUT2D eigenvalue weighted by molar-refractivity contribution is -0.155. The zero-order chi connectivity index (χ0) is 22.8. The molecule has 1 unspecified atom stereocenters. The van der Waals surface area contributed by atoms with Gasteiger partial charge in [-0.25, -0.2) is 4.98 Å². The largest absolute Gasteiger partial charge is 0.488 e. The number of rotatable bonds is 6. The maximum Gasteiger partial charge on any atom is 0.437 e. The van der Waals surface area contributed by atoms with Crippen LogP contribution in [0.4, 0.5) is 13.2 Å². The molecule has 3 rings (SSSR count). The highest BCUT2D eigenvalue weighted by atomic mass is 19.4. The predicted octanol–water partition coefficient (Wildman–Crippen LogP) is 4.35. The first kappa shape index (κ1) is 23.0. The number of nitrogens with zero attached hydrogens (tertiary/aromatic N) is 4. The maximum atomic E-state index is 13.8. The van der Waals surface area contributed by atoms with Crippen LogP contribution in [0.5, 0.6) is 5.75 Å². The second-order valence-electron chi connectivity index (χ2n) is 7.99. The molecular weight excluding hydrogens is 413 g/mol. The Morgan fingerprint density at radius 2 is 2.03 bits per heavy atom. The molecule has 2 heterocycles. The van der Waals surface area contributed by atoms with Gasteiger partial charge in [0.15, 0.2) is 11.4 Å². The average molecular weight is 440 g/mol. The molecule has 7 nitrogen and oxygen atoms in total. The standard InChI is InChI=1S/C21H27F3N4O3/c1-5-16-18(26-27-28(16)4)15-9-10-17(19(25-15)21(22,23)24)31-14-8-6-7-13(11-14)20(29)30-12(2)3/h9-10,12-14H,5-8,11H2,1-4H3/t13-,14?/m0/s1. The molecule has 0 aromatic carbocycles. The van der Waals surface area contributed by atoms with Gasteiger partial charge in [0.05, 0.1) is 29.5 Å². The summed E-state index contributed by atoms with van der Waals surface area (Å²) in [5, 5.41) is 7.86. The molecule has 0 aliphatic heterocycles. The molecule has 10 heteroatoms. The summed E-state index contributed by atoms with van der Waals surface area (Å²) in [6.45, 7) is 5.39. The fraction of sp³-hybridized carbons (Fsp3) is 0.619. The Balaban J connectivity index is 1.85. The molecule has 170 valence electrons. The lowest BCUT2D eigenvalue weighted by atomic mass is 9.87. The smallest absolute Gasteiger partial charge is 0.437 e. The average Bonchev–Trinajstić information content (AvgIpc) is 3.07. The van der Waals surface area contributed by atoms with E-state index in [1.54, 1.807) is 20.9 Å². The van der Waals surface area contributed by atoms with Crippen LogP contribution < -0.4 is 4.74 Å². The number of aryl methyl sites for hydroxylation is 1. The Kier molecular flexibility index (Phi) is 6.86. The number of pyridine rings is 1. The van der Waals surface area contributed by atoms with Gasteiger partial charge in [0.25, 0.3) is 0 Å². The first-order valence-corrected chi connectivity index (χ1v) is 10.4. The van der Waals surface area contributed by atoms with E-state index in [4.69, 9.17) is 9.47 Å². The number of halogens is 3. The minimum atomic E-state index is -4.70. The molecule has 2 atom stereocenters. The van der Waals surface area contributed by atoms with E-state index < -0.39 is 18.0 Å². The van der Waals surface area contributed by atoms with Gasteiger partial charge in [-0.15, -0.1) is 5.10 Å². The topological polar surface area (TPSA) is 79.1 Å². The SMILES string of the molecule is CCc1c(-c2ccc(OC3CCC[C@H](C(=O)OC(C)C)C3)c(C(F)(F)F)n2)nnn1C. The van der Waals surface area contributed by atoms with Crippen molar-refractivity contribution in [1.29, 1.82) is 0 Å². The number of aromatic nitrogens is 4. The highest BCUT2D eigenvalue weighted by Crippen LogP contribution is 2.38. The van der Waals surface area contributed by atoms with Crippen molar-refractivity contribution in [3.8, 4) is 17.1 Å². The lowest BCUT2D eigenvalue weighted by Crippen LogP contribution is -2.32. The zero-order valence-electron chi connectivity index (χ0n) is 18.1. The van der Waals surface area contributed by atoms with Crippen LogP contribution in [0.25, 0.3) is 11.4 Å². The molecule has 0 amide bonds. The van der Waals surface area contributed by atoms with E-state index in [-0.39, 0.29) is 29.4 Å². The van der Waals surface area contributed by atoms with E-state index in [9.17, 15) is 18.0 Å². The van der Waals surface area contributed by atoms with Crippen molar-refractivity contribution in [2.45, 2.75) is 71.3 Å². The van der Waals surface area contributed by atoms with E-state index in [0.29, 0.717) is 43.5 Å². The maximum absolute atomic E-state index is 13.8. The molecule has 0 saturated heterocycles. The highest BCUT2D eigenvalue weighted by Gasteiger charge is 2.39. The van der Waals surface area contributed by atoms with Crippen molar-refractivity contribution in [1.82, 2.24) is 20.0 Å². The third-order valence-electron chi connectivity index (χ3n) is 5.25. The van der Waals surface area contributed by atoms with Crippen LogP contribution in [0.3, 0.4) is 0 Å². The van der Waals surface area contributed by atoms with Gasteiger partial charge in [-0.1, -0.05) is 12.1 Å². The summed E-state index contributed by atoms with van der Waals surface area (Å²) >= 11 is 0. The molecule has 2 aromatic rings. The number of alkyl halides is 3. The van der Waals surface area contributed by atoms with E-state index in [2.05, 4.69) is 15.3 Å². The van der Waals surface area contributed by atoms with Gasteiger partial charge < -0.3 is 9.47 Å². The summed E-state index contributed by atoms with van der Waals surface area (Å²) in [4.78, 5) is 16.0. The molecule has 1 saturated carbocycles. The summed E-state index contributed by atoms with van der Waals surface area (Å²) in [6, 6.07) is 2.73. The van der Waals surface area contributed by atoms with Gasteiger partial charge in [-0.2, -0.15) is 13.2 Å². The van der Waals surface area contributed by atoms with Crippen LogP contribution >= 0.6 is 0 Å². The highest BCUT2D eigenvalue weighted by molar-refractivity contribution is 5.72. The van der Waals surface area contributed by atoms with Crippen LogP contribution in [-0.2, 0) is 29.2 Å². The summed E-state index contributed by atoms with van der Waals surface area (Å²) in [6.07, 6.45) is -2.72. The van der Waals surface area contributed by atoms with Crippen molar-refractivity contribution in [2.75, 3.05) is 0 Å². The Hall–Kier alpha value is -2.65.